The number of urea groups is 1. The van der Waals surface area contributed by atoms with E-state index in [1.165, 1.54) is 30.3 Å². The summed E-state index contributed by atoms with van der Waals surface area (Å²) in [5, 5.41) is 2.12. The third-order valence-electron chi connectivity index (χ3n) is 4.74. The van der Waals surface area contributed by atoms with Crippen molar-refractivity contribution in [3.63, 3.8) is 0 Å². The van der Waals surface area contributed by atoms with E-state index in [-0.39, 0.29) is 23.7 Å². The maximum atomic E-state index is 13.3. The van der Waals surface area contributed by atoms with E-state index in [9.17, 15) is 23.2 Å². The summed E-state index contributed by atoms with van der Waals surface area (Å²) >= 11 is 2.05. The summed E-state index contributed by atoms with van der Waals surface area (Å²) in [6.07, 6.45) is 1.36. The number of benzene rings is 3. The van der Waals surface area contributed by atoms with Crippen LogP contribution in [0.3, 0.4) is 0 Å². The van der Waals surface area contributed by atoms with Gasteiger partial charge in [-0.3, -0.25) is 14.9 Å². The Bertz CT molecular complexity index is 1290. The molecule has 1 heterocycles. The molecule has 33 heavy (non-hydrogen) atoms. The van der Waals surface area contributed by atoms with E-state index in [2.05, 4.69) is 5.32 Å². The molecule has 1 fully saturated rings. The summed E-state index contributed by atoms with van der Waals surface area (Å²) in [6.45, 7) is 0.170. The average Bonchev–Trinajstić information content (AvgIpc) is 2.77. The standard InChI is InChI=1S/C24H15F2IN2O4/c25-16-5-7-18(8-6-16)29-23(31)19(22(30)28-24(29)32)11-14-4-9-21(20(27)12-14)33-13-15-2-1-3-17(26)10-15/h1-12H,13H2,(H,28,30,32)/b19-11+. The van der Waals surface area contributed by atoms with E-state index in [0.717, 1.165) is 17.0 Å². The van der Waals surface area contributed by atoms with Crippen molar-refractivity contribution in [2.24, 2.45) is 0 Å². The number of ether oxygens (including phenoxy) is 1. The van der Waals surface area contributed by atoms with Gasteiger partial charge in [0, 0.05) is 0 Å². The van der Waals surface area contributed by atoms with Gasteiger partial charge in [0.15, 0.2) is 0 Å². The quantitative estimate of drug-likeness (QED) is 0.276. The van der Waals surface area contributed by atoms with Gasteiger partial charge < -0.3 is 4.74 Å². The van der Waals surface area contributed by atoms with Crippen molar-refractivity contribution >= 4 is 52.2 Å². The highest BCUT2D eigenvalue weighted by Crippen LogP contribution is 2.26. The third kappa shape index (κ3) is 5.08. The lowest BCUT2D eigenvalue weighted by Gasteiger charge is -2.26. The molecular formula is C24H15F2IN2O4. The molecular weight excluding hydrogens is 545 g/mol. The van der Waals surface area contributed by atoms with Crippen molar-refractivity contribution in [1.29, 1.82) is 0 Å². The molecule has 0 aliphatic carbocycles. The lowest BCUT2D eigenvalue weighted by molar-refractivity contribution is -0.122. The van der Waals surface area contributed by atoms with Crippen LogP contribution >= 0.6 is 22.6 Å². The van der Waals surface area contributed by atoms with Crippen molar-refractivity contribution in [3.8, 4) is 5.75 Å². The molecule has 0 radical (unpaired) electrons. The fourth-order valence-electron chi connectivity index (χ4n) is 3.16. The molecule has 0 saturated carbocycles. The first-order valence-corrected chi connectivity index (χ1v) is 10.7. The van der Waals surface area contributed by atoms with E-state index >= 15 is 0 Å². The van der Waals surface area contributed by atoms with Gasteiger partial charge in [0.05, 0.1) is 9.26 Å². The molecule has 1 N–H and O–H groups in total. The van der Waals surface area contributed by atoms with Gasteiger partial charge >= 0.3 is 6.03 Å². The second kappa shape index (κ2) is 9.49. The van der Waals surface area contributed by atoms with Crippen molar-refractivity contribution in [2.45, 2.75) is 6.61 Å². The lowest BCUT2D eigenvalue weighted by atomic mass is 10.1. The molecule has 0 unspecified atom stereocenters. The van der Waals surface area contributed by atoms with Crippen LogP contribution in [0.2, 0.25) is 0 Å². The van der Waals surface area contributed by atoms with Gasteiger partial charge in [-0.25, -0.2) is 18.5 Å². The van der Waals surface area contributed by atoms with Gasteiger partial charge in [-0.05, 0) is 88.3 Å². The van der Waals surface area contributed by atoms with Gasteiger partial charge in [0.2, 0.25) is 0 Å². The monoisotopic (exact) mass is 560 g/mol. The number of halogens is 3. The molecule has 3 aromatic rings. The minimum atomic E-state index is -0.913. The zero-order chi connectivity index (χ0) is 23.5. The number of hydrogen-bond donors (Lipinski definition) is 1. The molecule has 0 atom stereocenters. The molecule has 4 rings (SSSR count). The first kappa shape index (κ1) is 22.6. The van der Waals surface area contributed by atoms with Crippen LogP contribution in [0, 0.1) is 15.2 Å². The number of barbiturate groups is 1. The minimum Gasteiger partial charge on any atom is -0.488 e. The predicted molar refractivity (Wildman–Crippen MR) is 125 cm³/mol. The molecule has 1 aliphatic heterocycles. The Morgan fingerprint density at radius 1 is 0.939 bits per heavy atom. The van der Waals surface area contributed by atoms with E-state index < -0.39 is 23.7 Å². The number of hydrogen-bond acceptors (Lipinski definition) is 4. The third-order valence-corrected chi connectivity index (χ3v) is 5.58. The van der Waals surface area contributed by atoms with Gasteiger partial charge in [0.1, 0.15) is 29.6 Å². The largest absolute Gasteiger partial charge is 0.488 e. The van der Waals surface area contributed by atoms with Crippen LogP contribution < -0.4 is 15.0 Å². The number of carbonyl (C=O) groups is 3. The van der Waals surface area contributed by atoms with Gasteiger partial charge in [-0.1, -0.05) is 18.2 Å². The molecule has 6 nitrogen and oxygen atoms in total. The molecule has 3 aromatic carbocycles. The van der Waals surface area contributed by atoms with Gasteiger partial charge in [-0.2, -0.15) is 0 Å². The first-order valence-electron chi connectivity index (χ1n) is 9.65. The Balaban J connectivity index is 1.56. The maximum Gasteiger partial charge on any atom is 0.335 e. The molecule has 166 valence electrons. The lowest BCUT2D eigenvalue weighted by Crippen LogP contribution is -2.54. The van der Waals surface area contributed by atoms with Crippen molar-refractivity contribution in [2.75, 3.05) is 4.90 Å². The molecule has 1 aliphatic rings. The van der Waals surface area contributed by atoms with Crippen LogP contribution in [0.25, 0.3) is 6.08 Å². The molecule has 0 bridgehead atoms. The highest BCUT2D eigenvalue weighted by Gasteiger charge is 2.36. The SMILES string of the molecule is O=C1NC(=O)N(c2ccc(F)cc2)C(=O)/C1=C/c1ccc(OCc2cccc(F)c2)c(I)c1. The first-order chi connectivity index (χ1) is 15.8. The Morgan fingerprint density at radius 2 is 1.70 bits per heavy atom. The van der Waals surface area contributed by atoms with Crippen LogP contribution in [0.1, 0.15) is 11.1 Å². The van der Waals surface area contributed by atoms with Crippen LogP contribution in [-0.4, -0.2) is 17.8 Å². The van der Waals surface area contributed by atoms with Gasteiger partial charge in [-0.15, -0.1) is 0 Å². The Labute approximate surface area is 201 Å². The van der Waals surface area contributed by atoms with Crippen LogP contribution in [0.15, 0.2) is 72.3 Å². The zero-order valence-electron chi connectivity index (χ0n) is 16.8. The molecule has 1 saturated heterocycles. The zero-order valence-corrected chi connectivity index (χ0v) is 19.0. The van der Waals surface area contributed by atoms with Crippen LogP contribution in [-0.2, 0) is 16.2 Å². The molecule has 4 amide bonds. The summed E-state index contributed by atoms with van der Waals surface area (Å²) in [6, 6.07) is 14.9. The van der Waals surface area contributed by atoms with Crippen molar-refractivity contribution in [1.82, 2.24) is 5.32 Å². The fraction of sp³-hybridized carbons (Fsp3) is 0.0417. The van der Waals surface area contributed by atoms with Crippen LogP contribution in [0.5, 0.6) is 5.75 Å². The molecule has 9 heteroatoms. The number of nitrogens with zero attached hydrogens (tertiary/aromatic N) is 1. The van der Waals surface area contributed by atoms with Crippen molar-refractivity contribution < 1.29 is 27.9 Å². The fourth-order valence-corrected chi connectivity index (χ4v) is 3.86. The van der Waals surface area contributed by atoms with E-state index in [1.807, 2.05) is 22.6 Å². The van der Waals surface area contributed by atoms with E-state index in [1.54, 1.807) is 30.3 Å². The summed E-state index contributed by atoms with van der Waals surface area (Å²) in [5.74, 6) is -1.98. The summed E-state index contributed by atoms with van der Waals surface area (Å²) in [5.41, 5.74) is 1.09. The normalized spacial score (nSPS) is 15.1. The van der Waals surface area contributed by atoms with E-state index in [0.29, 0.717) is 20.4 Å². The summed E-state index contributed by atoms with van der Waals surface area (Å²) in [7, 11) is 0. The number of rotatable bonds is 5. The Morgan fingerprint density at radius 3 is 2.39 bits per heavy atom. The van der Waals surface area contributed by atoms with E-state index in [4.69, 9.17) is 4.74 Å². The smallest absolute Gasteiger partial charge is 0.335 e. The molecule has 0 spiro atoms. The topological polar surface area (TPSA) is 75.7 Å². The number of imide groups is 2. The van der Waals surface area contributed by atoms with Crippen LogP contribution in [0.4, 0.5) is 19.3 Å². The maximum absolute atomic E-state index is 13.3. The number of nitrogens with one attached hydrogen (secondary N) is 1. The summed E-state index contributed by atoms with van der Waals surface area (Å²) < 4.78 is 33.0. The Hall–Kier alpha value is -3.60. The van der Waals surface area contributed by atoms with Crippen molar-refractivity contribution in [3.05, 3.63) is 98.6 Å². The Kier molecular flexibility index (Phi) is 6.50. The number of carbonyl (C=O) groups excluding carboxylic acids is 3. The highest BCUT2D eigenvalue weighted by molar-refractivity contribution is 14.1. The highest BCUT2D eigenvalue weighted by atomic mass is 127. The second-order valence-corrected chi connectivity index (χ2v) is 8.20. The second-order valence-electron chi connectivity index (χ2n) is 7.04. The molecule has 0 aromatic heterocycles. The number of amides is 4. The predicted octanol–water partition coefficient (Wildman–Crippen LogP) is 4.81. The van der Waals surface area contributed by atoms with Gasteiger partial charge in [0.25, 0.3) is 11.8 Å². The summed E-state index contributed by atoms with van der Waals surface area (Å²) in [4.78, 5) is 38.2. The minimum absolute atomic E-state index is 0.132. The number of anilines is 1. The average molecular weight is 560 g/mol.